The quantitative estimate of drug-likeness (QED) is 0.636. The minimum absolute atomic E-state index is 0.0404. The predicted molar refractivity (Wildman–Crippen MR) is 47.0 cm³/mol. The van der Waals surface area contributed by atoms with E-state index in [2.05, 4.69) is 0 Å². The van der Waals surface area contributed by atoms with E-state index in [0.717, 1.165) is 0 Å². The summed E-state index contributed by atoms with van der Waals surface area (Å²) in [7, 11) is 4.91. The Hall–Kier alpha value is -0.200. The smallest absolute Gasteiger partial charge is 0.187 e. The van der Waals surface area contributed by atoms with Crippen LogP contribution in [0, 0.1) is 0 Å². The second-order valence-corrected chi connectivity index (χ2v) is 3.48. The van der Waals surface area contributed by atoms with Crippen molar-refractivity contribution in [3.05, 3.63) is 0 Å². The minimum Gasteiger partial charge on any atom is -0.376 e. The molecule has 0 N–H and O–H groups in total. The Balaban J connectivity index is 2.16. The summed E-state index contributed by atoms with van der Waals surface area (Å²) in [6, 6.07) is 0. The molecule has 0 aromatic heterocycles. The van der Waals surface area contributed by atoms with Gasteiger partial charge in [0.25, 0.3) is 0 Å². The second kappa shape index (κ2) is 4.12. The van der Waals surface area contributed by atoms with Crippen LogP contribution in [0.2, 0.25) is 0 Å². The van der Waals surface area contributed by atoms with Crippen molar-refractivity contribution in [3.63, 3.8) is 0 Å². The largest absolute Gasteiger partial charge is 0.376 e. The van der Waals surface area contributed by atoms with Gasteiger partial charge in [-0.2, -0.15) is 0 Å². The molecule has 2 aliphatic heterocycles. The van der Waals surface area contributed by atoms with Crippen molar-refractivity contribution in [2.24, 2.45) is 0 Å². The van der Waals surface area contributed by atoms with Crippen molar-refractivity contribution in [3.8, 4) is 0 Å². The predicted octanol–water partition coefficient (Wildman–Crippen LogP) is -0.214. The van der Waals surface area contributed by atoms with Crippen LogP contribution in [0.15, 0.2) is 0 Å². The standard InChI is InChI=1S/C9H16O5/c1-10-6-5-4-13-9(14-5)8(12-3)7(6)11-2/h5-9H,4H2,1-3H3/t5-,6+,7-,8-,9-/m1/s1. The summed E-state index contributed by atoms with van der Waals surface area (Å²) in [6.07, 6.45) is -0.827. The molecular weight excluding hydrogens is 188 g/mol. The van der Waals surface area contributed by atoms with Crippen molar-refractivity contribution < 1.29 is 23.7 Å². The Kier molecular flexibility index (Phi) is 3.04. The van der Waals surface area contributed by atoms with Gasteiger partial charge in [0.1, 0.15) is 24.4 Å². The Morgan fingerprint density at radius 1 is 0.929 bits per heavy atom. The lowest BCUT2D eigenvalue weighted by Crippen LogP contribution is -2.56. The number of hydrogen-bond donors (Lipinski definition) is 0. The molecule has 0 saturated carbocycles. The molecule has 2 saturated heterocycles. The average molecular weight is 204 g/mol. The first kappa shape index (κ1) is 10.3. The zero-order valence-electron chi connectivity index (χ0n) is 8.64. The van der Waals surface area contributed by atoms with E-state index in [1.54, 1.807) is 21.3 Å². The molecule has 2 fully saturated rings. The third-order valence-corrected chi connectivity index (χ3v) is 2.83. The molecule has 0 radical (unpaired) electrons. The van der Waals surface area contributed by atoms with Gasteiger partial charge in [0.2, 0.25) is 0 Å². The third kappa shape index (κ3) is 1.45. The van der Waals surface area contributed by atoms with Crippen LogP contribution in [-0.4, -0.2) is 58.6 Å². The van der Waals surface area contributed by atoms with Gasteiger partial charge in [-0.05, 0) is 0 Å². The van der Waals surface area contributed by atoms with Gasteiger partial charge in [-0.25, -0.2) is 0 Å². The molecule has 0 aromatic carbocycles. The number of rotatable bonds is 3. The first-order chi connectivity index (χ1) is 6.81. The highest BCUT2D eigenvalue weighted by Crippen LogP contribution is 2.32. The SMILES string of the molecule is CO[C@@H]1[C@@H](OC)[C@H]2CO[C@H](O2)[C@@H]1OC. The molecule has 0 aliphatic carbocycles. The fraction of sp³-hybridized carbons (Fsp3) is 1.00. The Labute approximate surface area is 83.2 Å². The fourth-order valence-electron chi connectivity index (χ4n) is 2.14. The van der Waals surface area contributed by atoms with E-state index in [-0.39, 0.29) is 30.7 Å². The van der Waals surface area contributed by atoms with E-state index >= 15 is 0 Å². The van der Waals surface area contributed by atoms with E-state index < -0.39 is 0 Å². The van der Waals surface area contributed by atoms with Gasteiger partial charge in [-0.15, -0.1) is 0 Å². The monoisotopic (exact) mass is 204 g/mol. The van der Waals surface area contributed by atoms with Crippen LogP contribution < -0.4 is 0 Å². The maximum atomic E-state index is 5.58. The van der Waals surface area contributed by atoms with Gasteiger partial charge in [-0.1, -0.05) is 0 Å². The molecule has 5 nitrogen and oxygen atoms in total. The summed E-state index contributed by atoms with van der Waals surface area (Å²) in [5.41, 5.74) is 0. The van der Waals surface area contributed by atoms with Crippen molar-refractivity contribution in [1.29, 1.82) is 0 Å². The Morgan fingerprint density at radius 2 is 1.57 bits per heavy atom. The molecular formula is C9H16O5. The molecule has 5 heteroatoms. The van der Waals surface area contributed by atoms with Crippen LogP contribution in [0.1, 0.15) is 0 Å². The zero-order valence-corrected chi connectivity index (χ0v) is 8.64. The minimum atomic E-state index is -0.318. The molecule has 14 heavy (non-hydrogen) atoms. The van der Waals surface area contributed by atoms with Gasteiger partial charge < -0.3 is 23.7 Å². The van der Waals surface area contributed by atoms with Crippen LogP contribution in [0.4, 0.5) is 0 Å². The summed E-state index contributed by atoms with van der Waals surface area (Å²) in [4.78, 5) is 0. The number of methoxy groups -OCH3 is 3. The summed E-state index contributed by atoms with van der Waals surface area (Å²) in [5.74, 6) is 0. The normalized spacial score (nSPS) is 46.9. The van der Waals surface area contributed by atoms with Gasteiger partial charge >= 0.3 is 0 Å². The maximum absolute atomic E-state index is 5.58. The topological polar surface area (TPSA) is 46.2 Å². The first-order valence-corrected chi connectivity index (χ1v) is 4.67. The lowest BCUT2D eigenvalue weighted by molar-refractivity contribution is -0.246. The van der Waals surface area contributed by atoms with Gasteiger partial charge in [0, 0.05) is 21.3 Å². The molecule has 82 valence electrons. The van der Waals surface area contributed by atoms with Crippen LogP contribution in [0.3, 0.4) is 0 Å². The molecule has 0 unspecified atom stereocenters. The number of fused-ring (bicyclic) bond motifs is 2. The molecule has 0 aromatic rings. The Morgan fingerprint density at radius 3 is 2.14 bits per heavy atom. The van der Waals surface area contributed by atoms with Crippen LogP contribution in [0.25, 0.3) is 0 Å². The van der Waals surface area contributed by atoms with E-state index in [9.17, 15) is 0 Å². The molecule has 2 heterocycles. The molecule has 2 rings (SSSR count). The molecule has 2 aliphatic rings. The molecule has 5 atom stereocenters. The van der Waals surface area contributed by atoms with E-state index in [4.69, 9.17) is 23.7 Å². The van der Waals surface area contributed by atoms with Gasteiger partial charge in [0.05, 0.1) is 6.61 Å². The highest BCUT2D eigenvalue weighted by Gasteiger charge is 2.51. The van der Waals surface area contributed by atoms with Crippen LogP contribution >= 0.6 is 0 Å². The number of hydrogen-bond acceptors (Lipinski definition) is 5. The van der Waals surface area contributed by atoms with E-state index in [0.29, 0.717) is 6.61 Å². The fourth-order valence-corrected chi connectivity index (χ4v) is 2.14. The van der Waals surface area contributed by atoms with Crippen LogP contribution in [-0.2, 0) is 23.7 Å². The zero-order chi connectivity index (χ0) is 10.1. The molecule has 2 bridgehead atoms. The van der Waals surface area contributed by atoms with Crippen molar-refractivity contribution in [1.82, 2.24) is 0 Å². The average Bonchev–Trinajstić information content (AvgIpc) is 2.63. The summed E-state index contributed by atoms with van der Waals surface area (Å²) >= 11 is 0. The second-order valence-electron chi connectivity index (χ2n) is 3.48. The highest BCUT2D eigenvalue weighted by molar-refractivity contribution is 4.95. The van der Waals surface area contributed by atoms with Crippen molar-refractivity contribution >= 4 is 0 Å². The highest BCUT2D eigenvalue weighted by atomic mass is 16.8. The summed E-state index contributed by atoms with van der Waals surface area (Å²) in [5, 5.41) is 0. The van der Waals surface area contributed by atoms with Crippen molar-refractivity contribution in [2.75, 3.05) is 27.9 Å². The molecule has 0 spiro atoms. The van der Waals surface area contributed by atoms with E-state index in [1.165, 1.54) is 0 Å². The van der Waals surface area contributed by atoms with E-state index in [1.807, 2.05) is 0 Å². The summed E-state index contributed by atoms with van der Waals surface area (Å²) in [6.45, 7) is 0.545. The third-order valence-electron chi connectivity index (χ3n) is 2.83. The van der Waals surface area contributed by atoms with Gasteiger partial charge in [-0.3, -0.25) is 0 Å². The lowest BCUT2D eigenvalue weighted by atomic mass is 10.0. The maximum Gasteiger partial charge on any atom is 0.187 e. The summed E-state index contributed by atoms with van der Waals surface area (Å²) < 4.78 is 27.0. The molecule has 0 amide bonds. The van der Waals surface area contributed by atoms with Gasteiger partial charge in [0.15, 0.2) is 6.29 Å². The lowest BCUT2D eigenvalue weighted by Gasteiger charge is -2.38. The van der Waals surface area contributed by atoms with Crippen molar-refractivity contribution in [2.45, 2.75) is 30.7 Å². The van der Waals surface area contributed by atoms with Crippen LogP contribution in [0.5, 0.6) is 0 Å². The Bertz CT molecular complexity index is 180. The number of ether oxygens (including phenoxy) is 5. The first-order valence-electron chi connectivity index (χ1n) is 4.67.